The molecule has 1 aromatic carbocycles. The maximum absolute atomic E-state index is 6.20. The standard InChI is InChI=1S/C13H16ClN/c14-11-6-2-1-5-10(11)9-13-8-4-3-7-12(13)15-13/h1-2,5-6,12,15H,3-4,7-9H2. The van der Waals surface area contributed by atoms with Crippen LogP contribution in [0.3, 0.4) is 0 Å². The summed E-state index contributed by atoms with van der Waals surface area (Å²) in [6.07, 6.45) is 6.54. The fourth-order valence-electron chi connectivity index (χ4n) is 2.93. The van der Waals surface area contributed by atoms with Crippen molar-refractivity contribution >= 4 is 11.6 Å². The smallest absolute Gasteiger partial charge is 0.0438 e. The van der Waals surface area contributed by atoms with Crippen molar-refractivity contribution in [3.63, 3.8) is 0 Å². The molecule has 2 aliphatic rings. The number of fused-ring (bicyclic) bond motifs is 1. The molecule has 0 aromatic heterocycles. The molecule has 0 radical (unpaired) electrons. The minimum Gasteiger partial charge on any atom is -0.305 e. The Labute approximate surface area is 95.8 Å². The molecule has 1 aliphatic carbocycles. The van der Waals surface area contributed by atoms with Gasteiger partial charge in [-0.25, -0.2) is 0 Å². The predicted octanol–water partition coefficient (Wildman–Crippen LogP) is 3.17. The van der Waals surface area contributed by atoms with Crippen LogP contribution in [0.25, 0.3) is 0 Å². The molecule has 2 fully saturated rings. The summed E-state index contributed by atoms with van der Waals surface area (Å²) in [6.45, 7) is 0. The molecular formula is C13H16ClN. The predicted molar refractivity (Wildman–Crippen MR) is 63.3 cm³/mol. The van der Waals surface area contributed by atoms with Crippen molar-refractivity contribution in [1.82, 2.24) is 5.32 Å². The van der Waals surface area contributed by atoms with Gasteiger partial charge in [0.1, 0.15) is 0 Å². The van der Waals surface area contributed by atoms with E-state index in [0.29, 0.717) is 5.54 Å². The molecule has 1 heterocycles. The van der Waals surface area contributed by atoms with Crippen molar-refractivity contribution in [3.8, 4) is 0 Å². The number of halogens is 1. The van der Waals surface area contributed by atoms with Crippen molar-refractivity contribution in [3.05, 3.63) is 34.9 Å². The van der Waals surface area contributed by atoms with Gasteiger partial charge in [-0.15, -0.1) is 0 Å². The minimum atomic E-state index is 0.406. The van der Waals surface area contributed by atoms with E-state index in [-0.39, 0.29) is 0 Å². The van der Waals surface area contributed by atoms with Crippen molar-refractivity contribution < 1.29 is 0 Å². The summed E-state index contributed by atoms with van der Waals surface area (Å²) in [5.74, 6) is 0. The minimum absolute atomic E-state index is 0.406. The third-order valence-electron chi connectivity index (χ3n) is 3.87. The monoisotopic (exact) mass is 221 g/mol. The Morgan fingerprint density at radius 2 is 2.20 bits per heavy atom. The second-order valence-electron chi connectivity index (χ2n) is 4.87. The van der Waals surface area contributed by atoms with E-state index in [1.807, 2.05) is 12.1 Å². The summed E-state index contributed by atoms with van der Waals surface area (Å²) in [7, 11) is 0. The molecule has 1 aliphatic heterocycles. The van der Waals surface area contributed by atoms with Crippen LogP contribution in [-0.4, -0.2) is 11.6 Å². The molecule has 15 heavy (non-hydrogen) atoms. The highest BCUT2D eigenvalue weighted by Gasteiger charge is 2.53. The number of benzene rings is 1. The van der Waals surface area contributed by atoms with Gasteiger partial charge in [-0.2, -0.15) is 0 Å². The van der Waals surface area contributed by atoms with E-state index in [0.717, 1.165) is 17.5 Å². The Kier molecular flexibility index (Phi) is 2.26. The molecule has 0 spiro atoms. The molecule has 3 rings (SSSR count). The van der Waals surface area contributed by atoms with Crippen LogP contribution in [0.15, 0.2) is 24.3 Å². The van der Waals surface area contributed by atoms with Crippen LogP contribution >= 0.6 is 11.6 Å². The van der Waals surface area contributed by atoms with E-state index in [1.165, 1.54) is 31.2 Å². The normalized spacial score (nSPS) is 33.5. The van der Waals surface area contributed by atoms with Crippen LogP contribution in [0.2, 0.25) is 5.02 Å². The molecule has 0 amide bonds. The molecule has 1 N–H and O–H groups in total. The fourth-order valence-corrected chi connectivity index (χ4v) is 3.14. The van der Waals surface area contributed by atoms with Crippen molar-refractivity contribution in [1.29, 1.82) is 0 Å². The summed E-state index contributed by atoms with van der Waals surface area (Å²) in [5, 5.41) is 4.58. The summed E-state index contributed by atoms with van der Waals surface area (Å²) < 4.78 is 0. The highest BCUT2D eigenvalue weighted by atomic mass is 35.5. The van der Waals surface area contributed by atoms with Gasteiger partial charge >= 0.3 is 0 Å². The molecule has 2 atom stereocenters. The third-order valence-corrected chi connectivity index (χ3v) is 4.24. The van der Waals surface area contributed by atoms with Crippen molar-refractivity contribution in [2.45, 2.75) is 43.7 Å². The first-order chi connectivity index (χ1) is 7.30. The van der Waals surface area contributed by atoms with Gasteiger partial charge in [-0.05, 0) is 30.9 Å². The quantitative estimate of drug-likeness (QED) is 0.762. The summed E-state index contributed by atoms with van der Waals surface area (Å²) in [6, 6.07) is 9.00. The topological polar surface area (TPSA) is 21.9 Å². The maximum atomic E-state index is 6.20. The number of hydrogen-bond donors (Lipinski definition) is 1. The fraction of sp³-hybridized carbons (Fsp3) is 0.538. The Hall–Kier alpha value is -0.530. The SMILES string of the molecule is Clc1ccccc1CC12CCCCC1N2. The third kappa shape index (κ3) is 1.68. The van der Waals surface area contributed by atoms with E-state index >= 15 is 0 Å². The number of hydrogen-bond acceptors (Lipinski definition) is 1. The van der Waals surface area contributed by atoms with E-state index < -0.39 is 0 Å². The van der Waals surface area contributed by atoms with Crippen molar-refractivity contribution in [2.24, 2.45) is 0 Å². The second-order valence-corrected chi connectivity index (χ2v) is 5.27. The largest absolute Gasteiger partial charge is 0.305 e. The van der Waals surface area contributed by atoms with Gasteiger partial charge in [0.05, 0.1) is 0 Å². The van der Waals surface area contributed by atoms with Gasteiger partial charge in [0.15, 0.2) is 0 Å². The lowest BCUT2D eigenvalue weighted by molar-refractivity contribution is 0.450. The first kappa shape index (κ1) is 9.68. The van der Waals surface area contributed by atoms with E-state index in [9.17, 15) is 0 Å². The summed E-state index contributed by atoms with van der Waals surface area (Å²) >= 11 is 6.20. The molecule has 1 aromatic rings. The first-order valence-electron chi connectivity index (χ1n) is 5.81. The number of rotatable bonds is 2. The highest BCUT2D eigenvalue weighted by molar-refractivity contribution is 6.31. The Morgan fingerprint density at radius 3 is 3.00 bits per heavy atom. The van der Waals surface area contributed by atoms with Crippen LogP contribution < -0.4 is 5.32 Å². The molecule has 2 heteroatoms. The van der Waals surface area contributed by atoms with Crippen LogP contribution in [-0.2, 0) is 6.42 Å². The Balaban J connectivity index is 1.79. The molecule has 1 nitrogen and oxygen atoms in total. The first-order valence-corrected chi connectivity index (χ1v) is 6.19. The molecule has 1 saturated carbocycles. The molecule has 1 saturated heterocycles. The lowest BCUT2D eigenvalue weighted by atomic mass is 9.84. The van der Waals surface area contributed by atoms with Crippen molar-refractivity contribution in [2.75, 3.05) is 0 Å². The Bertz CT molecular complexity index is 377. The number of nitrogens with one attached hydrogen (secondary N) is 1. The van der Waals surface area contributed by atoms with Gasteiger partial charge in [-0.3, -0.25) is 0 Å². The van der Waals surface area contributed by atoms with Crippen LogP contribution in [0.5, 0.6) is 0 Å². The molecule has 0 bridgehead atoms. The van der Waals surface area contributed by atoms with Gasteiger partial charge in [-0.1, -0.05) is 42.6 Å². The van der Waals surface area contributed by atoms with Gasteiger partial charge in [0.2, 0.25) is 0 Å². The van der Waals surface area contributed by atoms with E-state index in [4.69, 9.17) is 11.6 Å². The maximum Gasteiger partial charge on any atom is 0.0438 e. The highest BCUT2D eigenvalue weighted by Crippen LogP contribution is 2.43. The Morgan fingerprint density at radius 1 is 1.33 bits per heavy atom. The lowest BCUT2D eigenvalue weighted by Crippen LogP contribution is -2.23. The van der Waals surface area contributed by atoms with Crippen LogP contribution in [0.4, 0.5) is 0 Å². The average molecular weight is 222 g/mol. The lowest BCUT2D eigenvalue weighted by Gasteiger charge is -2.19. The van der Waals surface area contributed by atoms with E-state index in [1.54, 1.807) is 0 Å². The van der Waals surface area contributed by atoms with Gasteiger partial charge in [0.25, 0.3) is 0 Å². The van der Waals surface area contributed by atoms with E-state index in [2.05, 4.69) is 17.4 Å². The zero-order valence-corrected chi connectivity index (χ0v) is 9.56. The van der Waals surface area contributed by atoms with Gasteiger partial charge < -0.3 is 5.32 Å². The van der Waals surface area contributed by atoms with Crippen LogP contribution in [0, 0.1) is 0 Å². The molecule has 80 valence electrons. The summed E-state index contributed by atoms with van der Waals surface area (Å²) in [4.78, 5) is 0. The van der Waals surface area contributed by atoms with Gasteiger partial charge in [0, 0.05) is 16.6 Å². The zero-order valence-electron chi connectivity index (χ0n) is 8.80. The second kappa shape index (κ2) is 3.50. The summed E-state index contributed by atoms with van der Waals surface area (Å²) in [5.41, 5.74) is 1.71. The van der Waals surface area contributed by atoms with Crippen LogP contribution in [0.1, 0.15) is 31.2 Å². The molecule has 2 unspecified atom stereocenters. The zero-order chi connectivity index (χ0) is 10.3. The molecular weight excluding hydrogens is 206 g/mol. The average Bonchev–Trinajstić information content (AvgIpc) is 2.96.